The molecular formula is C13H19ClN2O3S. The molecule has 1 aliphatic rings. The molecule has 0 radical (unpaired) electrons. The third-order valence-electron chi connectivity index (χ3n) is 3.42. The smallest absolute Gasteiger partial charge is 0.154 e. The Morgan fingerprint density at radius 2 is 2.05 bits per heavy atom. The standard InChI is InChI=1S/C13H19ClN2O3S/c1-15(2)16(7-10-4-3-5-11(14)6-10)12-8-20(18,19)9-13(12)17/h3-6,12-13,17H,7-9H2,1-2H3/t12-,13-/m0/s1. The summed E-state index contributed by atoms with van der Waals surface area (Å²) in [7, 11) is 0.503. The third kappa shape index (κ3) is 3.71. The first-order chi connectivity index (χ1) is 9.28. The van der Waals surface area contributed by atoms with Crippen molar-refractivity contribution in [1.29, 1.82) is 0 Å². The molecule has 2 atom stereocenters. The molecule has 0 saturated carbocycles. The summed E-state index contributed by atoms with van der Waals surface area (Å²) >= 11 is 5.96. The van der Waals surface area contributed by atoms with Crippen LogP contribution in [0.1, 0.15) is 5.56 Å². The van der Waals surface area contributed by atoms with Crippen molar-refractivity contribution in [3.8, 4) is 0 Å². The van der Waals surface area contributed by atoms with Gasteiger partial charge in [0.25, 0.3) is 0 Å². The van der Waals surface area contributed by atoms with E-state index < -0.39 is 22.0 Å². The molecule has 0 bridgehead atoms. The molecule has 0 spiro atoms. The summed E-state index contributed by atoms with van der Waals surface area (Å²) in [5, 5.41) is 14.3. The fourth-order valence-electron chi connectivity index (χ4n) is 2.47. The predicted octanol–water partition coefficient (Wildman–Crippen LogP) is 0.776. The SMILES string of the molecule is CN(C)N(Cc1cccc(Cl)c1)[C@H]1CS(=O)(=O)C[C@@H]1O. The Balaban J connectivity index is 2.20. The van der Waals surface area contributed by atoms with Gasteiger partial charge in [0.1, 0.15) is 0 Å². The van der Waals surface area contributed by atoms with Gasteiger partial charge in [0.15, 0.2) is 9.84 Å². The Bertz CT molecular complexity index is 577. The van der Waals surface area contributed by atoms with Crippen molar-refractivity contribution >= 4 is 21.4 Å². The van der Waals surface area contributed by atoms with Crippen molar-refractivity contribution in [3.05, 3.63) is 34.9 Å². The monoisotopic (exact) mass is 318 g/mol. The maximum absolute atomic E-state index is 11.7. The number of halogens is 1. The van der Waals surface area contributed by atoms with Gasteiger partial charge in [0.2, 0.25) is 0 Å². The van der Waals surface area contributed by atoms with Crippen LogP contribution in [0.3, 0.4) is 0 Å². The van der Waals surface area contributed by atoms with Gasteiger partial charge in [-0.05, 0) is 17.7 Å². The van der Waals surface area contributed by atoms with Crippen LogP contribution in [0.25, 0.3) is 0 Å². The minimum atomic E-state index is -3.17. The molecule has 1 heterocycles. The van der Waals surface area contributed by atoms with Crippen LogP contribution in [-0.4, -0.2) is 61.3 Å². The maximum Gasteiger partial charge on any atom is 0.154 e. The first-order valence-electron chi connectivity index (χ1n) is 6.35. The van der Waals surface area contributed by atoms with Gasteiger partial charge in [-0.25, -0.2) is 18.4 Å². The molecule has 0 aliphatic carbocycles. The summed E-state index contributed by atoms with van der Waals surface area (Å²) in [6, 6.07) is 6.99. The Labute approximate surface area is 124 Å². The van der Waals surface area contributed by atoms with Gasteiger partial charge in [-0.2, -0.15) is 0 Å². The molecule has 5 nitrogen and oxygen atoms in total. The zero-order chi connectivity index (χ0) is 14.9. The summed E-state index contributed by atoms with van der Waals surface area (Å²) in [6.07, 6.45) is -0.860. The van der Waals surface area contributed by atoms with E-state index in [4.69, 9.17) is 11.6 Å². The van der Waals surface area contributed by atoms with E-state index in [1.54, 1.807) is 6.07 Å². The number of aliphatic hydroxyl groups is 1. The van der Waals surface area contributed by atoms with Crippen LogP contribution in [0, 0.1) is 0 Å². The normalized spacial score (nSPS) is 25.5. The number of hydrogen-bond donors (Lipinski definition) is 1. The van der Waals surface area contributed by atoms with Crippen molar-refractivity contribution in [3.63, 3.8) is 0 Å². The molecule has 1 aromatic carbocycles. The summed E-state index contributed by atoms with van der Waals surface area (Å²) in [4.78, 5) is 0. The van der Waals surface area contributed by atoms with E-state index in [9.17, 15) is 13.5 Å². The number of benzene rings is 1. The van der Waals surface area contributed by atoms with Crippen molar-refractivity contribution in [1.82, 2.24) is 10.0 Å². The van der Waals surface area contributed by atoms with Gasteiger partial charge in [0.05, 0.1) is 23.7 Å². The summed E-state index contributed by atoms with van der Waals surface area (Å²) in [5.74, 6) is -0.190. The third-order valence-corrected chi connectivity index (χ3v) is 5.36. The van der Waals surface area contributed by atoms with Gasteiger partial charge >= 0.3 is 0 Å². The van der Waals surface area contributed by atoms with Crippen molar-refractivity contribution in [2.24, 2.45) is 0 Å². The Morgan fingerprint density at radius 3 is 2.55 bits per heavy atom. The topological polar surface area (TPSA) is 60.9 Å². The van der Waals surface area contributed by atoms with E-state index >= 15 is 0 Å². The molecular weight excluding hydrogens is 300 g/mol. The molecule has 1 fully saturated rings. The molecule has 20 heavy (non-hydrogen) atoms. The largest absolute Gasteiger partial charge is 0.390 e. The van der Waals surface area contributed by atoms with E-state index in [1.165, 1.54) is 0 Å². The second-order valence-electron chi connectivity index (χ2n) is 5.29. The first kappa shape index (κ1) is 15.7. The van der Waals surface area contributed by atoms with E-state index in [0.29, 0.717) is 11.6 Å². The lowest BCUT2D eigenvalue weighted by Gasteiger charge is -2.35. The molecule has 0 unspecified atom stereocenters. The predicted molar refractivity (Wildman–Crippen MR) is 79.1 cm³/mol. The van der Waals surface area contributed by atoms with E-state index in [2.05, 4.69) is 0 Å². The van der Waals surface area contributed by atoms with E-state index in [0.717, 1.165) is 5.56 Å². The van der Waals surface area contributed by atoms with Crippen LogP contribution >= 0.6 is 11.6 Å². The molecule has 1 aliphatic heterocycles. The lowest BCUT2D eigenvalue weighted by Crippen LogP contribution is -2.49. The molecule has 112 valence electrons. The quantitative estimate of drug-likeness (QED) is 0.831. The number of sulfone groups is 1. The first-order valence-corrected chi connectivity index (χ1v) is 8.55. The highest BCUT2D eigenvalue weighted by Crippen LogP contribution is 2.22. The fraction of sp³-hybridized carbons (Fsp3) is 0.538. The van der Waals surface area contributed by atoms with Crippen LogP contribution in [0.2, 0.25) is 5.02 Å². The number of hydrazine groups is 1. The van der Waals surface area contributed by atoms with Gasteiger partial charge in [-0.15, -0.1) is 0 Å². The summed E-state index contributed by atoms with van der Waals surface area (Å²) < 4.78 is 23.3. The summed E-state index contributed by atoms with van der Waals surface area (Å²) in [6.45, 7) is 0.505. The van der Waals surface area contributed by atoms with Crippen LogP contribution in [0.4, 0.5) is 0 Å². The van der Waals surface area contributed by atoms with Crippen LogP contribution in [0.15, 0.2) is 24.3 Å². The molecule has 1 N–H and O–H groups in total. The molecule has 0 aromatic heterocycles. The van der Waals surface area contributed by atoms with E-state index in [-0.39, 0.29) is 11.5 Å². The van der Waals surface area contributed by atoms with Crippen molar-refractivity contribution in [2.75, 3.05) is 25.6 Å². The minimum Gasteiger partial charge on any atom is -0.390 e. The van der Waals surface area contributed by atoms with Crippen molar-refractivity contribution < 1.29 is 13.5 Å². The van der Waals surface area contributed by atoms with Crippen molar-refractivity contribution in [2.45, 2.75) is 18.7 Å². The average molecular weight is 319 g/mol. The second kappa shape index (κ2) is 5.99. The van der Waals surface area contributed by atoms with Crippen LogP contribution in [-0.2, 0) is 16.4 Å². The van der Waals surface area contributed by atoms with Gasteiger partial charge < -0.3 is 5.11 Å². The fourth-order valence-corrected chi connectivity index (χ4v) is 4.48. The van der Waals surface area contributed by atoms with Gasteiger partial charge in [0, 0.05) is 25.7 Å². The Kier molecular flexibility index (Phi) is 4.71. The zero-order valence-electron chi connectivity index (χ0n) is 11.5. The highest BCUT2D eigenvalue weighted by atomic mass is 35.5. The van der Waals surface area contributed by atoms with Crippen LogP contribution < -0.4 is 0 Å². The number of nitrogens with zero attached hydrogens (tertiary/aromatic N) is 2. The number of hydrogen-bond acceptors (Lipinski definition) is 5. The average Bonchev–Trinajstić information content (AvgIpc) is 2.59. The zero-order valence-corrected chi connectivity index (χ0v) is 13.1. The van der Waals surface area contributed by atoms with Gasteiger partial charge in [-0.1, -0.05) is 23.7 Å². The lowest BCUT2D eigenvalue weighted by molar-refractivity contribution is -0.0558. The van der Waals surface area contributed by atoms with Gasteiger partial charge in [-0.3, -0.25) is 0 Å². The maximum atomic E-state index is 11.7. The molecule has 2 rings (SSSR count). The molecule has 1 aromatic rings. The Morgan fingerprint density at radius 1 is 1.35 bits per heavy atom. The molecule has 1 saturated heterocycles. The highest BCUT2D eigenvalue weighted by molar-refractivity contribution is 7.91. The molecule has 7 heteroatoms. The number of rotatable bonds is 4. The van der Waals surface area contributed by atoms with Crippen LogP contribution in [0.5, 0.6) is 0 Å². The number of aliphatic hydroxyl groups excluding tert-OH is 1. The second-order valence-corrected chi connectivity index (χ2v) is 7.88. The minimum absolute atomic E-state index is 0.0209. The lowest BCUT2D eigenvalue weighted by atomic mass is 10.1. The summed E-state index contributed by atoms with van der Waals surface area (Å²) in [5.41, 5.74) is 0.975. The Hall–Kier alpha value is -0.660. The van der Waals surface area contributed by atoms with E-state index in [1.807, 2.05) is 42.3 Å². The highest BCUT2D eigenvalue weighted by Gasteiger charge is 2.40. The molecule has 0 amide bonds.